The van der Waals surface area contributed by atoms with Gasteiger partial charge in [0.2, 0.25) is 5.91 Å². The van der Waals surface area contributed by atoms with Crippen molar-refractivity contribution in [1.29, 1.82) is 0 Å². The highest BCUT2D eigenvalue weighted by molar-refractivity contribution is 7.80. The van der Waals surface area contributed by atoms with E-state index in [-0.39, 0.29) is 5.91 Å². The van der Waals surface area contributed by atoms with Crippen LogP contribution in [0.25, 0.3) is 0 Å². The van der Waals surface area contributed by atoms with Gasteiger partial charge in [0.05, 0.1) is 0 Å². The average molecular weight is 237 g/mol. The summed E-state index contributed by atoms with van der Waals surface area (Å²) in [5.74, 6) is -0.189. The Kier molecular flexibility index (Phi) is 4.72. The molecule has 0 spiro atoms. The Morgan fingerprint density at radius 3 is 2.38 bits per heavy atom. The number of thiocarbonyl (C=S) groups is 1. The summed E-state index contributed by atoms with van der Waals surface area (Å²) in [6, 6.07) is 7.95. The van der Waals surface area contributed by atoms with Crippen LogP contribution in [-0.4, -0.2) is 11.0 Å². The van der Waals surface area contributed by atoms with Crippen LogP contribution in [0, 0.1) is 0 Å². The van der Waals surface area contributed by atoms with Crippen LogP contribution in [0.1, 0.15) is 19.4 Å². The van der Waals surface area contributed by atoms with E-state index in [1.54, 1.807) is 0 Å². The molecule has 0 unspecified atom stereocenters. The van der Waals surface area contributed by atoms with E-state index in [4.69, 9.17) is 12.2 Å². The second-order valence-corrected chi connectivity index (χ2v) is 3.72. The Labute approximate surface area is 100 Å². The van der Waals surface area contributed by atoms with Crippen LogP contribution < -0.4 is 16.2 Å². The normalized spacial score (nSPS) is 9.38. The van der Waals surface area contributed by atoms with Gasteiger partial charge in [0, 0.05) is 12.6 Å². The van der Waals surface area contributed by atoms with Gasteiger partial charge in [0.1, 0.15) is 0 Å². The molecule has 16 heavy (non-hydrogen) atoms. The smallest absolute Gasteiger partial charge is 0.235 e. The SMILES string of the molecule is CCc1ccc(NC(=S)NNC(C)=O)cc1. The summed E-state index contributed by atoms with van der Waals surface area (Å²) in [7, 11) is 0. The summed E-state index contributed by atoms with van der Waals surface area (Å²) >= 11 is 4.98. The van der Waals surface area contributed by atoms with Gasteiger partial charge >= 0.3 is 0 Å². The third-order valence-electron chi connectivity index (χ3n) is 1.97. The monoisotopic (exact) mass is 237 g/mol. The Balaban J connectivity index is 2.46. The van der Waals surface area contributed by atoms with E-state index in [0.717, 1.165) is 12.1 Å². The lowest BCUT2D eigenvalue weighted by Crippen LogP contribution is -2.42. The number of aryl methyl sites for hydroxylation is 1. The molecule has 0 bridgehead atoms. The molecule has 0 aliphatic rings. The van der Waals surface area contributed by atoms with Crippen molar-refractivity contribution < 1.29 is 4.79 Å². The van der Waals surface area contributed by atoms with E-state index in [2.05, 4.69) is 23.1 Å². The molecule has 1 amide bonds. The first-order valence-electron chi connectivity index (χ1n) is 5.04. The molecule has 0 radical (unpaired) electrons. The number of benzene rings is 1. The summed E-state index contributed by atoms with van der Waals surface area (Å²) in [4.78, 5) is 10.6. The summed E-state index contributed by atoms with van der Waals surface area (Å²) in [6.07, 6.45) is 1.01. The van der Waals surface area contributed by atoms with Gasteiger partial charge in [-0.2, -0.15) is 0 Å². The van der Waals surface area contributed by atoms with Crippen molar-refractivity contribution in [2.75, 3.05) is 5.32 Å². The highest BCUT2D eigenvalue weighted by Crippen LogP contribution is 2.09. The molecule has 5 heteroatoms. The van der Waals surface area contributed by atoms with Gasteiger partial charge < -0.3 is 5.32 Å². The number of carbonyl (C=O) groups excluding carboxylic acids is 1. The molecule has 1 rings (SSSR count). The van der Waals surface area contributed by atoms with E-state index in [1.807, 2.05) is 24.3 Å². The van der Waals surface area contributed by atoms with Crippen molar-refractivity contribution >= 4 is 28.9 Å². The van der Waals surface area contributed by atoms with Crippen LogP contribution in [0.15, 0.2) is 24.3 Å². The molecule has 0 saturated carbocycles. The second kappa shape index (κ2) is 6.07. The fourth-order valence-electron chi connectivity index (χ4n) is 1.13. The Morgan fingerprint density at radius 1 is 1.25 bits per heavy atom. The summed E-state index contributed by atoms with van der Waals surface area (Å²) < 4.78 is 0. The second-order valence-electron chi connectivity index (χ2n) is 3.31. The zero-order valence-corrected chi connectivity index (χ0v) is 10.1. The highest BCUT2D eigenvalue weighted by atomic mass is 32.1. The quantitative estimate of drug-likeness (QED) is 0.540. The predicted octanol–water partition coefficient (Wildman–Crippen LogP) is 1.59. The Morgan fingerprint density at radius 2 is 1.88 bits per heavy atom. The van der Waals surface area contributed by atoms with Crippen molar-refractivity contribution in [3.63, 3.8) is 0 Å². The molecule has 0 aliphatic carbocycles. The van der Waals surface area contributed by atoms with Gasteiger partial charge in [-0.3, -0.25) is 15.6 Å². The van der Waals surface area contributed by atoms with Gasteiger partial charge in [0.15, 0.2) is 5.11 Å². The number of anilines is 1. The molecule has 0 saturated heterocycles. The van der Waals surface area contributed by atoms with E-state index in [9.17, 15) is 4.79 Å². The molecule has 0 aromatic heterocycles. The Hall–Kier alpha value is -1.62. The largest absolute Gasteiger partial charge is 0.331 e. The van der Waals surface area contributed by atoms with Crippen molar-refractivity contribution in [2.45, 2.75) is 20.3 Å². The molecule has 0 aliphatic heterocycles. The summed E-state index contributed by atoms with van der Waals surface area (Å²) in [6.45, 7) is 3.51. The first kappa shape index (κ1) is 12.4. The van der Waals surface area contributed by atoms with E-state index >= 15 is 0 Å². The van der Waals surface area contributed by atoms with Crippen LogP contribution in [0.3, 0.4) is 0 Å². The summed E-state index contributed by atoms with van der Waals surface area (Å²) in [5.41, 5.74) is 7.13. The number of hydrazine groups is 1. The van der Waals surface area contributed by atoms with Gasteiger partial charge in [-0.25, -0.2) is 0 Å². The van der Waals surface area contributed by atoms with Gasteiger partial charge in [0.25, 0.3) is 0 Å². The van der Waals surface area contributed by atoms with Crippen LogP contribution in [0.4, 0.5) is 5.69 Å². The fourth-order valence-corrected chi connectivity index (χ4v) is 1.30. The standard InChI is InChI=1S/C11H15N3OS/c1-3-9-4-6-10(7-5-9)12-11(16)14-13-8(2)15/h4-7H,3H2,1-2H3,(H,13,15)(H2,12,14,16). The van der Waals surface area contributed by atoms with Gasteiger partial charge in [-0.15, -0.1) is 0 Å². The number of carbonyl (C=O) groups is 1. The van der Waals surface area contributed by atoms with Crippen LogP contribution in [0.5, 0.6) is 0 Å². The number of amides is 1. The molecular formula is C11H15N3OS. The Bertz CT molecular complexity index is 375. The third kappa shape index (κ3) is 4.27. The first-order chi connectivity index (χ1) is 7.61. The lowest BCUT2D eigenvalue weighted by atomic mass is 10.1. The van der Waals surface area contributed by atoms with Crippen molar-refractivity contribution in [2.24, 2.45) is 0 Å². The number of nitrogens with one attached hydrogen (secondary N) is 3. The molecule has 0 atom stereocenters. The van der Waals surface area contributed by atoms with Gasteiger partial charge in [-0.05, 0) is 36.3 Å². The van der Waals surface area contributed by atoms with Gasteiger partial charge in [-0.1, -0.05) is 19.1 Å². The maximum absolute atomic E-state index is 10.6. The predicted molar refractivity (Wildman–Crippen MR) is 69.0 cm³/mol. The molecule has 3 N–H and O–H groups in total. The molecule has 0 heterocycles. The van der Waals surface area contributed by atoms with E-state index in [1.165, 1.54) is 12.5 Å². The van der Waals surface area contributed by atoms with Crippen LogP contribution in [0.2, 0.25) is 0 Å². The number of hydrogen-bond acceptors (Lipinski definition) is 2. The van der Waals surface area contributed by atoms with E-state index < -0.39 is 0 Å². The van der Waals surface area contributed by atoms with Crippen LogP contribution >= 0.6 is 12.2 Å². The van der Waals surface area contributed by atoms with E-state index in [0.29, 0.717) is 5.11 Å². The maximum Gasteiger partial charge on any atom is 0.235 e. The number of hydrogen-bond donors (Lipinski definition) is 3. The zero-order chi connectivity index (χ0) is 12.0. The first-order valence-corrected chi connectivity index (χ1v) is 5.45. The summed E-state index contributed by atoms with van der Waals surface area (Å²) in [5, 5.41) is 3.31. The topological polar surface area (TPSA) is 53.2 Å². The fraction of sp³-hybridized carbons (Fsp3) is 0.273. The van der Waals surface area contributed by atoms with Crippen LogP contribution in [-0.2, 0) is 11.2 Å². The minimum atomic E-state index is -0.189. The molecule has 4 nitrogen and oxygen atoms in total. The minimum Gasteiger partial charge on any atom is -0.331 e. The molecule has 1 aromatic carbocycles. The highest BCUT2D eigenvalue weighted by Gasteiger charge is 1.97. The maximum atomic E-state index is 10.6. The lowest BCUT2D eigenvalue weighted by Gasteiger charge is -2.10. The molecule has 1 aromatic rings. The zero-order valence-electron chi connectivity index (χ0n) is 9.33. The van der Waals surface area contributed by atoms with Crippen molar-refractivity contribution in [3.05, 3.63) is 29.8 Å². The lowest BCUT2D eigenvalue weighted by molar-refractivity contribution is -0.119. The number of rotatable bonds is 2. The molecule has 0 fully saturated rings. The minimum absolute atomic E-state index is 0.189. The third-order valence-corrected chi connectivity index (χ3v) is 2.18. The van der Waals surface area contributed by atoms with Crippen molar-refractivity contribution in [3.8, 4) is 0 Å². The average Bonchev–Trinajstić information content (AvgIpc) is 2.27. The molecule has 86 valence electrons. The molecular weight excluding hydrogens is 222 g/mol. The van der Waals surface area contributed by atoms with Crippen molar-refractivity contribution in [1.82, 2.24) is 10.9 Å².